The maximum absolute atomic E-state index is 12.8. The molecule has 0 bridgehead atoms. The SMILES string of the molecule is CNC(=O)C(=O)CCC(NC(=O)c1csc(Br)n1)C(=O)Nc1cccn(CC=O)c1=O. The number of aromatic nitrogens is 2. The van der Waals surface area contributed by atoms with Crippen molar-refractivity contribution in [3.05, 3.63) is 43.7 Å². The number of pyridine rings is 1. The van der Waals surface area contributed by atoms with E-state index in [4.69, 9.17) is 0 Å². The van der Waals surface area contributed by atoms with E-state index in [0.717, 1.165) is 4.57 Å². The molecule has 2 heterocycles. The number of halogens is 1. The van der Waals surface area contributed by atoms with E-state index in [9.17, 15) is 28.8 Å². The summed E-state index contributed by atoms with van der Waals surface area (Å²) in [6, 6.07) is 1.57. The van der Waals surface area contributed by atoms with Gasteiger partial charge in [-0.15, -0.1) is 11.3 Å². The third-order valence-electron chi connectivity index (χ3n) is 4.02. The summed E-state index contributed by atoms with van der Waals surface area (Å²) in [5.41, 5.74) is -0.666. The van der Waals surface area contributed by atoms with Crippen LogP contribution in [0.25, 0.3) is 0 Å². The Labute approximate surface area is 188 Å². The van der Waals surface area contributed by atoms with Crippen molar-refractivity contribution in [3.8, 4) is 0 Å². The molecule has 164 valence electrons. The number of thiazole rings is 1. The normalized spacial score (nSPS) is 11.3. The second-order valence-electron chi connectivity index (χ2n) is 6.09. The molecule has 0 spiro atoms. The van der Waals surface area contributed by atoms with Crippen molar-refractivity contribution in [1.82, 2.24) is 20.2 Å². The standard InChI is InChI=1S/C18H18BrN5O6S/c1-20-16(29)13(26)5-4-10(21-15(28)12-9-31-18(19)23-12)14(27)22-11-3-2-6-24(7-8-25)17(11)30/h2-3,6,8-10H,4-5,7H2,1H3,(H,20,29)(H,21,28)(H,22,27). The number of likely N-dealkylation sites (N-methyl/N-ethyl adjacent to an activating group) is 1. The largest absolute Gasteiger partial charge is 0.353 e. The molecule has 31 heavy (non-hydrogen) atoms. The highest BCUT2D eigenvalue weighted by molar-refractivity contribution is 9.11. The lowest BCUT2D eigenvalue weighted by molar-refractivity contribution is -0.137. The van der Waals surface area contributed by atoms with Gasteiger partial charge in [0.1, 0.15) is 23.7 Å². The van der Waals surface area contributed by atoms with Crippen molar-refractivity contribution in [1.29, 1.82) is 0 Å². The number of carbonyl (C=O) groups is 5. The van der Waals surface area contributed by atoms with Crippen LogP contribution in [0.3, 0.4) is 0 Å². The number of nitrogens with zero attached hydrogens (tertiary/aromatic N) is 2. The molecule has 1 unspecified atom stereocenters. The molecular formula is C18H18BrN5O6S. The molecule has 3 N–H and O–H groups in total. The Morgan fingerprint density at radius 1 is 1.32 bits per heavy atom. The molecule has 0 saturated heterocycles. The van der Waals surface area contributed by atoms with Gasteiger partial charge in [0.25, 0.3) is 17.4 Å². The molecule has 3 amide bonds. The van der Waals surface area contributed by atoms with Crippen molar-refractivity contribution in [2.24, 2.45) is 0 Å². The fourth-order valence-corrected chi connectivity index (χ4v) is 3.45. The number of ketones is 1. The summed E-state index contributed by atoms with van der Waals surface area (Å²) in [4.78, 5) is 75.5. The van der Waals surface area contributed by atoms with Crippen LogP contribution in [0, 0.1) is 0 Å². The second kappa shape index (κ2) is 11.3. The first-order valence-corrected chi connectivity index (χ1v) is 10.5. The van der Waals surface area contributed by atoms with Crippen LogP contribution in [0.4, 0.5) is 5.69 Å². The molecule has 0 aromatic carbocycles. The van der Waals surface area contributed by atoms with Crippen LogP contribution in [0.1, 0.15) is 23.3 Å². The van der Waals surface area contributed by atoms with Crippen LogP contribution in [-0.2, 0) is 25.7 Å². The Balaban J connectivity index is 2.20. The Morgan fingerprint density at radius 3 is 2.68 bits per heavy atom. The van der Waals surface area contributed by atoms with Crippen LogP contribution in [0.15, 0.2) is 32.4 Å². The summed E-state index contributed by atoms with van der Waals surface area (Å²) in [7, 11) is 1.30. The average molecular weight is 512 g/mol. The minimum atomic E-state index is -1.24. The van der Waals surface area contributed by atoms with Gasteiger partial charge in [-0.2, -0.15) is 0 Å². The van der Waals surface area contributed by atoms with Crippen LogP contribution in [0.2, 0.25) is 0 Å². The van der Waals surface area contributed by atoms with Gasteiger partial charge >= 0.3 is 0 Å². The van der Waals surface area contributed by atoms with Crippen molar-refractivity contribution in [3.63, 3.8) is 0 Å². The molecule has 1 atom stereocenters. The van der Waals surface area contributed by atoms with Gasteiger partial charge in [0, 0.05) is 25.0 Å². The summed E-state index contributed by atoms with van der Waals surface area (Å²) in [6.45, 7) is -0.192. The summed E-state index contributed by atoms with van der Waals surface area (Å²) in [5.74, 6) is -3.03. The molecule has 2 rings (SSSR count). The molecule has 0 saturated carbocycles. The minimum absolute atomic E-state index is 0.0559. The molecule has 13 heteroatoms. The van der Waals surface area contributed by atoms with Crippen molar-refractivity contribution in [2.45, 2.75) is 25.4 Å². The van der Waals surface area contributed by atoms with Crippen molar-refractivity contribution in [2.75, 3.05) is 12.4 Å². The molecule has 0 radical (unpaired) electrons. The van der Waals surface area contributed by atoms with Gasteiger partial charge in [-0.05, 0) is 34.5 Å². The molecule has 2 aromatic heterocycles. The van der Waals surface area contributed by atoms with Gasteiger partial charge in [0.2, 0.25) is 11.7 Å². The van der Waals surface area contributed by atoms with Crippen LogP contribution in [0.5, 0.6) is 0 Å². The van der Waals surface area contributed by atoms with E-state index in [2.05, 4.69) is 36.9 Å². The third-order valence-corrected chi connectivity index (χ3v) is 5.39. The quantitative estimate of drug-likeness (QED) is 0.301. The van der Waals surface area contributed by atoms with Gasteiger partial charge in [0.15, 0.2) is 3.92 Å². The minimum Gasteiger partial charge on any atom is -0.353 e. The van der Waals surface area contributed by atoms with E-state index in [1.165, 1.54) is 42.1 Å². The lowest BCUT2D eigenvalue weighted by Gasteiger charge is -2.18. The zero-order valence-electron chi connectivity index (χ0n) is 16.2. The average Bonchev–Trinajstić information content (AvgIpc) is 3.19. The highest BCUT2D eigenvalue weighted by Crippen LogP contribution is 2.16. The van der Waals surface area contributed by atoms with Crippen molar-refractivity contribution >= 4 is 62.7 Å². The number of rotatable bonds is 10. The van der Waals surface area contributed by atoms with Crippen molar-refractivity contribution < 1.29 is 24.0 Å². The molecule has 0 aliphatic carbocycles. The second-order valence-corrected chi connectivity index (χ2v) is 8.22. The van der Waals surface area contributed by atoms with Gasteiger partial charge in [-0.1, -0.05) is 0 Å². The first-order chi connectivity index (χ1) is 14.8. The van der Waals surface area contributed by atoms with Crippen LogP contribution < -0.4 is 21.5 Å². The zero-order valence-corrected chi connectivity index (χ0v) is 18.6. The molecule has 11 nitrogen and oxygen atoms in total. The lowest BCUT2D eigenvalue weighted by atomic mass is 10.1. The van der Waals surface area contributed by atoms with E-state index < -0.39 is 35.1 Å². The van der Waals surface area contributed by atoms with Gasteiger partial charge in [-0.25, -0.2) is 4.98 Å². The summed E-state index contributed by atoms with van der Waals surface area (Å²) < 4.78 is 1.56. The topological polar surface area (TPSA) is 156 Å². The van der Waals surface area contributed by atoms with E-state index >= 15 is 0 Å². The zero-order chi connectivity index (χ0) is 23.0. The van der Waals surface area contributed by atoms with Gasteiger partial charge < -0.3 is 25.3 Å². The number of carbonyl (C=O) groups excluding carboxylic acids is 5. The maximum Gasteiger partial charge on any atom is 0.287 e. The first-order valence-electron chi connectivity index (χ1n) is 8.87. The first kappa shape index (κ1) is 24.1. The Bertz CT molecular complexity index is 1070. The Kier molecular flexibility index (Phi) is 8.75. The Morgan fingerprint density at radius 2 is 2.06 bits per heavy atom. The van der Waals surface area contributed by atoms with Crippen LogP contribution >= 0.6 is 27.3 Å². The van der Waals surface area contributed by atoms with Gasteiger partial charge in [0.05, 0.1) is 6.54 Å². The fourth-order valence-electron chi connectivity index (χ4n) is 2.46. The maximum atomic E-state index is 12.8. The van der Waals surface area contributed by atoms with E-state index in [0.29, 0.717) is 10.2 Å². The predicted octanol–water partition coefficient (Wildman–Crippen LogP) is 0.0986. The number of Topliss-reactive ketones (excluding diaryl/α,β-unsaturated/α-hetero) is 1. The molecule has 0 aliphatic heterocycles. The molecule has 0 fully saturated rings. The predicted molar refractivity (Wildman–Crippen MR) is 115 cm³/mol. The van der Waals surface area contributed by atoms with Gasteiger partial charge in [-0.3, -0.25) is 24.0 Å². The fraction of sp³-hybridized carbons (Fsp3) is 0.278. The molecular weight excluding hydrogens is 494 g/mol. The van der Waals surface area contributed by atoms with Crippen LogP contribution in [-0.4, -0.2) is 52.4 Å². The Hall–Kier alpha value is -3.19. The molecule has 0 aliphatic rings. The lowest BCUT2D eigenvalue weighted by Crippen LogP contribution is -2.45. The van der Waals surface area contributed by atoms with E-state index in [1.54, 1.807) is 0 Å². The van der Waals surface area contributed by atoms with E-state index in [-0.39, 0.29) is 30.8 Å². The summed E-state index contributed by atoms with van der Waals surface area (Å²) in [5, 5.41) is 8.52. The number of aldehydes is 1. The summed E-state index contributed by atoms with van der Waals surface area (Å²) in [6.07, 6.45) is 1.41. The number of anilines is 1. The number of nitrogens with one attached hydrogen (secondary N) is 3. The number of hydrogen-bond donors (Lipinski definition) is 3. The monoisotopic (exact) mass is 511 g/mol. The van der Waals surface area contributed by atoms with E-state index in [1.807, 2.05) is 0 Å². The highest BCUT2D eigenvalue weighted by atomic mass is 79.9. The smallest absolute Gasteiger partial charge is 0.287 e. The number of amides is 3. The third kappa shape index (κ3) is 6.65. The summed E-state index contributed by atoms with van der Waals surface area (Å²) >= 11 is 4.31. The highest BCUT2D eigenvalue weighted by Gasteiger charge is 2.25. The molecule has 2 aromatic rings. The number of hydrogen-bond acceptors (Lipinski definition) is 8.